The highest BCUT2D eigenvalue weighted by Crippen LogP contribution is 2.11. The molecule has 0 aliphatic heterocycles. The van der Waals surface area contributed by atoms with E-state index < -0.39 is 0 Å². The predicted molar refractivity (Wildman–Crippen MR) is 99.6 cm³/mol. The highest BCUT2D eigenvalue weighted by Gasteiger charge is 1.91. The first-order valence-electron chi connectivity index (χ1n) is 8.08. The first kappa shape index (κ1) is 22.8. The van der Waals surface area contributed by atoms with Gasteiger partial charge in [0.05, 0.1) is 12.1 Å². The topological polar surface area (TPSA) is 25.4 Å². The van der Waals surface area contributed by atoms with Gasteiger partial charge in [-0.1, -0.05) is 45.9 Å². The summed E-state index contributed by atoms with van der Waals surface area (Å²) < 4.78 is 4.81. The maximum absolute atomic E-state index is 4.81. The van der Waals surface area contributed by atoms with Crippen molar-refractivity contribution in [3.63, 3.8) is 0 Å². The molecule has 0 aliphatic rings. The van der Waals surface area contributed by atoms with Gasteiger partial charge >= 0.3 is 0 Å². The number of aryl methyl sites for hydroxylation is 1. The molecular formula is C19H34N2O. The molecule has 0 atom stereocenters. The lowest BCUT2D eigenvalue weighted by Gasteiger charge is -2.06. The highest BCUT2D eigenvalue weighted by molar-refractivity contribution is 5.78. The Morgan fingerprint density at radius 2 is 1.64 bits per heavy atom. The second-order valence-electron chi connectivity index (χ2n) is 4.50. The average molecular weight is 306 g/mol. The number of rotatable bonds is 3. The Kier molecular flexibility index (Phi) is 16.5. The molecule has 0 unspecified atom stereocenters. The molecule has 3 heteroatoms. The first-order chi connectivity index (χ1) is 10.6. The summed E-state index contributed by atoms with van der Waals surface area (Å²) in [7, 11) is 5.77. The smallest absolute Gasteiger partial charge is 0.0702 e. The van der Waals surface area contributed by atoms with Crippen LogP contribution in [0.15, 0.2) is 36.5 Å². The summed E-state index contributed by atoms with van der Waals surface area (Å²) in [5.74, 6) is 0. The zero-order valence-electron chi connectivity index (χ0n) is 15.7. The van der Waals surface area contributed by atoms with Gasteiger partial charge < -0.3 is 9.64 Å². The van der Waals surface area contributed by atoms with Gasteiger partial charge in [0.25, 0.3) is 0 Å². The third-order valence-corrected chi connectivity index (χ3v) is 2.47. The normalized spacial score (nSPS) is 8.95. The fourth-order valence-corrected chi connectivity index (χ4v) is 1.45. The number of nitrogens with zero attached hydrogens (tertiary/aromatic N) is 2. The lowest BCUT2D eigenvalue weighted by atomic mass is 10.2. The van der Waals surface area contributed by atoms with Crippen LogP contribution in [0.3, 0.4) is 0 Å². The molecule has 0 bridgehead atoms. The number of para-hydroxylation sites is 1. The Labute approximate surface area is 137 Å². The molecule has 0 aliphatic carbocycles. The first-order valence-corrected chi connectivity index (χ1v) is 8.08. The summed E-state index contributed by atoms with van der Waals surface area (Å²) in [6, 6.07) is 10.3. The number of hydrogen-bond acceptors (Lipinski definition) is 3. The van der Waals surface area contributed by atoms with Crippen LogP contribution in [0.25, 0.3) is 10.9 Å². The summed E-state index contributed by atoms with van der Waals surface area (Å²) in [4.78, 5) is 6.37. The van der Waals surface area contributed by atoms with Crippen LogP contribution in [-0.2, 0) is 4.74 Å². The van der Waals surface area contributed by atoms with E-state index in [1.54, 1.807) is 7.11 Å². The SMILES string of the molecule is CC.CC.COCCN(C)C.Cc1cnc2ccccc2c1. The Balaban J connectivity index is 0. The molecule has 0 spiro atoms. The highest BCUT2D eigenvalue weighted by atomic mass is 16.5. The number of fused-ring (bicyclic) bond motifs is 1. The summed E-state index contributed by atoms with van der Waals surface area (Å²) >= 11 is 0. The maximum Gasteiger partial charge on any atom is 0.0702 e. The molecule has 1 aromatic carbocycles. The van der Waals surface area contributed by atoms with Crippen molar-refractivity contribution in [2.45, 2.75) is 34.6 Å². The largest absolute Gasteiger partial charge is 0.383 e. The molecule has 3 nitrogen and oxygen atoms in total. The average Bonchev–Trinajstić information content (AvgIpc) is 2.57. The van der Waals surface area contributed by atoms with E-state index in [0.717, 1.165) is 18.7 Å². The van der Waals surface area contributed by atoms with Gasteiger partial charge in [0, 0.05) is 25.2 Å². The molecule has 1 aromatic heterocycles. The third-order valence-electron chi connectivity index (χ3n) is 2.47. The van der Waals surface area contributed by atoms with Gasteiger partial charge in [0.15, 0.2) is 0 Å². The second-order valence-corrected chi connectivity index (χ2v) is 4.50. The zero-order chi connectivity index (χ0) is 17.4. The van der Waals surface area contributed by atoms with Gasteiger partial charge in [0.2, 0.25) is 0 Å². The van der Waals surface area contributed by atoms with Gasteiger partial charge in [-0.05, 0) is 38.7 Å². The van der Waals surface area contributed by atoms with Crippen LogP contribution >= 0.6 is 0 Å². The van der Waals surface area contributed by atoms with Crippen LogP contribution < -0.4 is 0 Å². The molecule has 2 rings (SSSR count). The van der Waals surface area contributed by atoms with Crippen molar-refractivity contribution in [2.75, 3.05) is 34.4 Å². The second kappa shape index (κ2) is 15.9. The summed E-state index contributed by atoms with van der Waals surface area (Å²) in [5.41, 5.74) is 2.28. The fraction of sp³-hybridized carbons (Fsp3) is 0.526. The van der Waals surface area contributed by atoms with E-state index in [0.29, 0.717) is 0 Å². The number of pyridine rings is 1. The predicted octanol–water partition coefficient (Wildman–Crippen LogP) is 4.79. The van der Waals surface area contributed by atoms with Crippen LogP contribution in [0.4, 0.5) is 0 Å². The van der Waals surface area contributed by atoms with Crippen LogP contribution in [0, 0.1) is 6.92 Å². The Bertz CT molecular complexity index is 470. The van der Waals surface area contributed by atoms with Crippen LogP contribution in [0.2, 0.25) is 0 Å². The van der Waals surface area contributed by atoms with Gasteiger partial charge in [-0.15, -0.1) is 0 Å². The van der Waals surface area contributed by atoms with Crippen molar-refractivity contribution in [1.82, 2.24) is 9.88 Å². The van der Waals surface area contributed by atoms with Gasteiger partial charge in [-0.2, -0.15) is 0 Å². The Morgan fingerprint density at radius 1 is 1.05 bits per heavy atom. The monoisotopic (exact) mass is 306 g/mol. The molecule has 0 amide bonds. The molecule has 0 fully saturated rings. The molecule has 0 N–H and O–H groups in total. The van der Waals surface area contributed by atoms with Gasteiger partial charge in [-0.3, -0.25) is 4.98 Å². The van der Waals surface area contributed by atoms with E-state index in [-0.39, 0.29) is 0 Å². The molecule has 0 saturated carbocycles. The minimum atomic E-state index is 0.826. The van der Waals surface area contributed by atoms with Crippen molar-refractivity contribution in [2.24, 2.45) is 0 Å². The standard InChI is InChI=1S/C10H9N.C5H13NO.2C2H6/c1-8-6-9-4-2-3-5-10(9)11-7-8;1-6(2)4-5-7-3;2*1-2/h2-7H,1H3;4-5H2,1-3H3;2*1-2H3. The zero-order valence-corrected chi connectivity index (χ0v) is 15.7. The molecule has 0 saturated heterocycles. The Morgan fingerprint density at radius 3 is 2.14 bits per heavy atom. The summed E-state index contributed by atoms with van der Waals surface area (Å²) in [5, 5.41) is 1.22. The molecular weight excluding hydrogens is 272 g/mol. The third kappa shape index (κ3) is 11.2. The maximum atomic E-state index is 4.81. The van der Waals surface area contributed by atoms with E-state index in [1.165, 1.54) is 10.9 Å². The molecule has 126 valence electrons. The minimum Gasteiger partial charge on any atom is -0.383 e. The fourth-order valence-electron chi connectivity index (χ4n) is 1.45. The van der Waals surface area contributed by atoms with E-state index in [4.69, 9.17) is 4.74 Å². The molecule has 2 aromatic rings. The number of aromatic nitrogens is 1. The van der Waals surface area contributed by atoms with E-state index in [1.807, 2.05) is 66.2 Å². The lowest BCUT2D eigenvalue weighted by molar-refractivity contribution is 0.172. The molecule has 0 radical (unpaired) electrons. The number of hydrogen-bond donors (Lipinski definition) is 0. The number of methoxy groups -OCH3 is 1. The number of likely N-dealkylation sites (N-methyl/N-ethyl adjacent to an activating group) is 1. The number of benzene rings is 1. The quantitative estimate of drug-likeness (QED) is 0.815. The van der Waals surface area contributed by atoms with Crippen molar-refractivity contribution in [1.29, 1.82) is 0 Å². The summed E-state index contributed by atoms with van der Waals surface area (Å²) in [6.07, 6.45) is 1.89. The van der Waals surface area contributed by atoms with Crippen LogP contribution in [-0.4, -0.2) is 44.2 Å². The van der Waals surface area contributed by atoms with Crippen molar-refractivity contribution < 1.29 is 4.74 Å². The van der Waals surface area contributed by atoms with Crippen LogP contribution in [0.1, 0.15) is 33.3 Å². The van der Waals surface area contributed by atoms with Crippen molar-refractivity contribution in [3.8, 4) is 0 Å². The minimum absolute atomic E-state index is 0.826. The lowest BCUT2D eigenvalue weighted by Crippen LogP contribution is -2.16. The van der Waals surface area contributed by atoms with Gasteiger partial charge in [0.1, 0.15) is 0 Å². The van der Waals surface area contributed by atoms with Crippen molar-refractivity contribution in [3.05, 3.63) is 42.1 Å². The van der Waals surface area contributed by atoms with E-state index in [2.05, 4.69) is 28.9 Å². The molecule has 22 heavy (non-hydrogen) atoms. The molecule has 1 heterocycles. The summed E-state index contributed by atoms with van der Waals surface area (Å²) in [6.45, 7) is 11.9. The number of ether oxygens (including phenoxy) is 1. The van der Waals surface area contributed by atoms with Crippen molar-refractivity contribution >= 4 is 10.9 Å². The van der Waals surface area contributed by atoms with Crippen LogP contribution in [0.5, 0.6) is 0 Å². The van der Waals surface area contributed by atoms with Gasteiger partial charge in [-0.25, -0.2) is 0 Å². The Hall–Kier alpha value is -1.45. The van der Waals surface area contributed by atoms with E-state index >= 15 is 0 Å². The van der Waals surface area contributed by atoms with E-state index in [9.17, 15) is 0 Å².